The van der Waals surface area contributed by atoms with Gasteiger partial charge in [-0.05, 0) is 45.2 Å². The summed E-state index contributed by atoms with van der Waals surface area (Å²) in [6.07, 6.45) is -0.0441. The fourth-order valence-electron chi connectivity index (χ4n) is 3.23. The standard InChI is InChI=1S/C19H22N2O6/c1-11-9-10-20(18(25)26-19(2,3)4)14(11)17(24)27-21-15(22)12-7-5-6-8-13(12)16(21)23/h5-8,11,14H,9-10H2,1-4H3. The van der Waals surface area contributed by atoms with Gasteiger partial charge < -0.3 is 9.57 Å². The Morgan fingerprint density at radius 3 is 2.15 bits per heavy atom. The summed E-state index contributed by atoms with van der Waals surface area (Å²) < 4.78 is 5.35. The van der Waals surface area contributed by atoms with E-state index in [2.05, 4.69) is 0 Å². The van der Waals surface area contributed by atoms with E-state index in [9.17, 15) is 19.2 Å². The molecule has 1 saturated heterocycles. The number of amides is 3. The van der Waals surface area contributed by atoms with E-state index < -0.39 is 35.5 Å². The van der Waals surface area contributed by atoms with Gasteiger partial charge in [-0.25, -0.2) is 9.59 Å². The number of benzene rings is 1. The normalized spacial score (nSPS) is 22.1. The highest BCUT2D eigenvalue weighted by Crippen LogP contribution is 2.29. The Balaban J connectivity index is 1.76. The Bertz CT molecular complexity index is 778. The van der Waals surface area contributed by atoms with Gasteiger partial charge in [0, 0.05) is 6.54 Å². The highest BCUT2D eigenvalue weighted by molar-refractivity contribution is 6.20. The molecule has 144 valence electrons. The van der Waals surface area contributed by atoms with Crippen LogP contribution in [0, 0.1) is 5.92 Å². The van der Waals surface area contributed by atoms with Crippen molar-refractivity contribution in [2.24, 2.45) is 5.92 Å². The number of imide groups is 1. The van der Waals surface area contributed by atoms with Crippen molar-refractivity contribution < 1.29 is 28.8 Å². The second kappa shape index (κ2) is 6.68. The summed E-state index contributed by atoms with van der Waals surface area (Å²) in [5, 5.41) is 0.464. The van der Waals surface area contributed by atoms with Crippen LogP contribution in [-0.2, 0) is 14.4 Å². The highest BCUT2D eigenvalue weighted by atomic mass is 16.7. The molecule has 2 heterocycles. The minimum Gasteiger partial charge on any atom is -0.444 e. The number of hydrogen-bond acceptors (Lipinski definition) is 6. The average molecular weight is 374 g/mol. The molecule has 0 saturated carbocycles. The zero-order valence-corrected chi connectivity index (χ0v) is 15.7. The van der Waals surface area contributed by atoms with Gasteiger partial charge in [0.2, 0.25) is 0 Å². The highest BCUT2D eigenvalue weighted by Gasteiger charge is 2.46. The van der Waals surface area contributed by atoms with Crippen molar-refractivity contribution in [3.05, 3.63) is 35.4 Å². The van der Waals surface area contributed by atoms with Crippen LogP contribution in [0.5, 0.6) is 0 Å². The van der Waals surface area contributed by atoms with Crippen LogP contribution in [0.2, 0.25) is 0 Å². The fraction of sp³-hybridized carbons (Fsp3) is 0.474. The minimum atomic E-state index is -0.927. The molecular weight excluding hydrogens is 352 g/mol. The molecule has 2 atom stereocenters. The molecule has 3 rings (SSSR count). The van der Waals surface area contributed by atoms with Crippen LogP contribution in [-0.4, -0.2) is 52.0 Å². The third kappa shape index (κ3) is 3.51. The van der Waals surface area contributed by atoms with E-state index in [-0.39, 0.29) is 17.0 Å². The van der Waals surface area contributed by atoms with Crippen molar-refractivity contribution in [1.82, 2.24) is 9.96 Å². The number of hydroxylamine groups is 2. The maximum Gasteiger partial charge on any atom is 0.411 e. The summed E-state index contributed by atoms with van der Waals surface area (Å²) in [6, 6.07) is 5.31. The molecule has 8 heteroatoms. The van der Waals surface area contributed by atoms with E-state index in [1.165, 1.54) is 17.0 Å². The number of rotatable bonds is 2. The van der Waals surface area contributed by atoms with Crippen LogP contribution in [0.25, 0.3) is 0 Å². The van der Waals surface area contributed by atoms with Crippen LogP contribution in [0.1, 0.15) is 54.8 Å². The summed E-state index contributed by atoms with van der Waals surface area (Å²) >= 11 is 0. The smallest absolute Gasteiger partial charge is 0.411 e. The summed E-state index contributed by atoms with van der Waals surface area (Å²) in [5.41, 5.74) is -0.350. The first-order chi connectivity index (χ1) is 12.6. The van der Waals surface area contributed by atoms with E-state index in [0.29, 0.717) is 18.0 Å². The third-order valence-corrected chi connectivity index (χ3v) is 4.51. The quantitative estimate of drug-likeness (QED) is 0.738. The van der Waals surface area contributed by atoms with Crippen molar-refractivity contribution in [2.75, 3.05) is 6.54 Å². The summed E-state index contributed by atoms with van der Waals surface area (Å²) in [4.78, 5) is 56.3. The van der Waals surface area contributed by atoms with Crippen molar-refractivity contribution in [2.45, 2.75) is 45.8 Å². The van der Waals surface area contributed by atoms with Gasteiger partial charge in [-0.15, -0.1) is 0 Å². The molecule has 0 N–H and O–H groups in total. The molecule has 27 heavy (non-hydrogen) atoms. The number of ether oxygens (including phenoxy) is 1. The number of hydrogen-bond donors (Lipinski definition) is 0. The molecule has 1 aromatic carbocycles. The molecule has 3 amide bonds. The zero-order chi connectivity index (χ0) is 19.9. The monoisotopic (exact) mass is 374 g/mol. The number of likely N-dealkylation sites (tertiary alicyclic amines) is 1. The maximum absolute atomic E-state index is 12.7. The first-order valence-electron chi connectivity index (χ1n) is 8.79. The largest absolute Gasteiger partial charge is 0.444 e. The van der Waals surface area contributed by atoms with E-state index in [4.69, 9.17) is 9.57 Å². The Hall–Kier alpha value is -2.90. The van der Waals surface area contributed by atoms with Gasteiger partial charge in [0.1, 0.15) is 11.6 Å². The molecule has 0 radical (unpaired) electrons. The van der Waals surface area contributed by atoms with Crippen molar-refractivity contribution in [1.29, 1.82) is 0 Å². The lowest BCUT2D eigenvalue weighted by Gasteiger charge is -2.29. The molecular formula is C19H22N2O6. The molecule has 0 bridgehead atoms. The first kappa shape index (κ1) is 18.9. The van der Waals surface area contributed by atoms with E-state index in [0.717, 1.165) is 0 Å². The molecule has 8 nitrogen and oxygen atoms in total. The predicted molar refractivity (Wildman–Crippen MR) is 93.5 cm³/mol. The molecule has 1 aromatic rings. The van der Waals surface area contributed by atoms with Crippen molar-refractivity contribution in [3.8, 4) is 0 Å². The average Bonchev–Trinajstić information content (AvgIpc) is 3.08. The maximum atomic E-state index is 12.7. The fourth-order valence-corrected chi connectivity index (χ4v) is 3.23. The number of fused-ring (bicyclic) bond motifs is 1. The Morgan fingerprint density at radius 2 is 1.63 bits per heavy atom. The second-order valence-corrected chi connectivity index (χ2v) is 7.75. The van der Waals surface area contributed by atoms with Crippen LogP contribution in [0.15, 0.2) is 24.3 Å². The van der Waals surface area contributed by atoms with Gasteiger partial charge >= 0.3 is 12.1 Å². The van der Waals surface area contributed by atoms with Crippen LogP contribution < -0.4 is 0 Å². The molecule has 1 fully saturated rings. The molecule has 0 aromatic heterocycles. The number of nitrogens with zero attached hydrogens (tertiary/aromatic N) is 2. The van der Waals surface area contributed by atoms with E-state index >= 15 is 0 Å². The second-order valence-electron chi connectivity index (χ2n) is 7.75. The van der Waals surface area contributed by atoms with Crippen molar-refractivity contribution in [3.63, 3.8) is 0 Å². The first-order valence-corrected chi connectivity index (χ1v) is 8.79. The van der Waals surface area contributed by atoms with Gasteiger partial charge in [-0.2, -0.15) is 0 Å². The van der Waals surface area contributed by atoms with Gasteiger partial charge in [0.25, 0.3) is 11.8 Å². The Labute approximate surface area is 157 Å². The third-order valence-electron chi connectivity index (χ3n) is 4.51. The van der Waals surface area contributed by atoms with Crippen LogP contribution in [0.4, 0.5) is 4.79 Å². The minimum absolute atomic E-state index is 0.179. The molecule has 2 aliphatic heterocycles. The molecule has 2 aliphatic rings. The van der Waals surface area contributed by atoms with Gasteiger partial charge in [-0.1, -0.05) is 24.1 Å². The van der Waals surface area contributed by atoms with Gasteiger partial charge in [-0.3, -0.25) is 14.5 Å². The number of carbonyl (C=O) groups is 4. The summed E-state index contributed by atoms with van der Waals surface area (Å²) in [6.45, 7) is 7.33. The summed E-state index contributed by atoms with van der Waals surface area (Å²) in [5.74, 6) is -2.42. The Kier molecular flexibility index (Phi) is 4.67. The summed E-state index contributed by atoms with van der Waals surface area (Å²) in [7, 11) is 0. The lowest BCUT2D eigenvalue weighted by molar-refractivity contribution is -0.174. The van der Waals surface area contributed by atoms with E-state index in [1.54, 1.807) is 39.8 Å². The Morgan fingerprint density at radius 1 is 1.07 bits per heavy atom. The number of carbonyl (C=O) groups excluding carboxylic acids is 4. The predicted octanol–water partition coefficient (Wildman–Crippen LogP) is 2.39. The zero-order valence-electron chi connectivity index (χ0n) is 15.7. The van der Waals surface area contributed by atoms with Crippen LogP contribution >= 0.6 is 0 Å². The molecule has 2 unspecified atom stereocenters. The lowest BCUT2D eigenvalue weighted by atomic mass is 10.0. The van der Waals surface area contributed by atoms with Gasteiger partial charge in [0.15, 0.2) is 0 Å². The topological polar surface area (TPSA) is 93.2 Å². The molecule has 0 aliphatic carbocycles. The van der Waals surface area contributed by atoms with Crippen LogP contribution in [0.3, 0.4) is 0 Å². The van der Waals surface area contributed by atoms with E-state index in [1.807, 2.05) is 0 Å². The SMILES string of the molecule is CC1CCN(C(=O)OC(C)(C)C)C1C(=O)ON1C(=O)c2ccccc2C1=O. The van der Waals surface area contributed by atoms with Crippen molar-refractivity contribution >= 4 is 23.9 Å². The molecule has 0 spiro atoms. The lowest BCUT2D eigenvalue weighted by Crippen LogP contribution is -2.48. The van der Waals surface area contributed by atoms with Gasteiger partial charge in [0.05, 0.1) is 11.1 Å².